The lowest BCUT2D eigenvalue weighted by atomic mass is 10.1. The highest BCUT2D eigenvalue weighted by atomic mass is 32.2. The predicted octanol–water partition coefficient (Wildman–Crippen LogP) is 1.95. The van der Waals surface area contributed by atoms with Gasteiger partial charge in [0.2, 0.25) is 5.91 Å². The summed E-state index contributed by atoms with van der Waals surface area (Å²) in [6.07, 6.45) is 2.72. The van der Waals surface area contributed by atoms with Crippen LogP contribution in [0.5, 0.6) is 0 Å². The molecule has 6 heteroatoms. The fourth-order valence-electron chi connectivity index (χ4n) is 2.13. The lowest BCUT2D eigenvalue weighted by Gasteiger charge is -2.04. The quantitative estimate of drug-likeness (QED) is 0.730. The van der Waals surface area contributed by atoms with Gasteiger partial charge < -0.3 is 15.4 Å². The maximum Gasteiger partial charge on any atom is 0.313 e. The fourth-order valence-corrected chi connectivity index (χ4v) is 2.69. The number of carboxylic acids is 1. The minimum Gasteiger partial charge on any atom is -0.481 e. The summed E-state index contributed by atoms with van der Waals surface area (Å²) >= 11 is 1.10. The van der Waals surface area contributed by atoms with Crippen molar-refractivity contribution >= 4 is 34.5 Å². The number of H-pyrrole nitrogens is 1. The van der Waals surface area contributed by atoms with Crippen LogP contribution >= 0.6 is 11.8 Å². The Balaban J connectivity index is 1.80. The molecule has 0 atom stereocenters. The third kappa shape index (κ3) is 4.53. The van der Waals surface area contributed by atoms with E-state index in [2.05, 4.69) is 35.4 Å². The Morgan fingerprint density at radius 1 is 1.33 bits per heavy atom. The van der Waals surface area contributed by atoms with Crippen LogP contribution in [0.4, 0.5) is 0 Å². The Bertz CT molecular complexity index is 651. The Labute approximate surface area is 127 Å². The van der Waals surface area contributed by atoms with Gasteiger partial charge in [0.05, 0.1) is 11.5 Å². The normalized spacial score (nSPS) is 10.7. The standard InChI is InChI=1S/C15H18N2O3S/c1-10-2-3-12-11(7-17-13(12)6-10)4-5-16-14(18)8-21-9-15(19)20/h2-3,6-7,17H,4-5,8-9H2,1H3,(H,16,18)(H,19,20). The van der Waals surface area contributed by atoms with Crippen molar-refractivity contribution in [1.82, 2.24) is 10.3 Å². The number of aromatic nitrogens is 1. The van der Waals surface area contributed by atoms with Crippen LogP contribution in [-0.2, 0) is 16.0 Å². The average Bonchev–Trinajstić information content (AvgIpc) is 2.80. The van der Waals surface area contributed by atoms with E-state index in [1.54, 1.807) is 0 Å². The van der Waals surface area contributed by atoms with Gasteiger partial charge >= 0.3 is 5.97 Å². The first-order valence-electron chi connectivity index (χ1n) is 6.69. The number of carbonyl (C=O) groups is 2. The maximum atomic E-state index is 11.5. The smallest absolute Gasteiger partial charge is 0.313 e. The van der Waals surface area contributed by atoms with Crippen LogP contribution in [0.2, 0.25) is 0 Å². The van der Waals surface area contributed by atoms with Gasteiger partial charge in [0, 0.05) is 23.6 Å². The molecule has 0 aliphatic carbocycles. The van der Waals surface area contributed by atoms with Crippen LogP contribution in [0, 0.1) is 6.92 Å². The lowest BCUT2D eigenvalue weighted by Crippen LogP contribution is -2.27. The maximum absolute atomic E-state index is 11.5. The van der Waals surface area contributed by atoms with Crippen LogP contribution in [0.1, 0.15) is 11.1 Å². The molecule has 112 valence electrons. The summed E-state index contributed by atoms with van der Waals surface area (Å²) in [4.78, 5) is 25.1. The second-order valence-electron chi connectivity index (χ2n) is 4.85. The summed E-state index contributed by atoms with van der Waals surface area (Å²) in [5, 5.41) is 12.5. The van der Waals surface area contributed by atoms with Crippen LogP contribution in [0.3, 0.4) is 0 Å². The van der Waals surface area contributed by atoms with E-state index in [9.17, 15) is 9.59 Å². The zero-order chi connectivity index (χ0) is 15.2. The van der Waals surface area contributed by atoms with Gasteiger partial charge in [-0.05, 0) is 30.5 Å². The van der Waals surface area contributed by atoms with Crippen molar-refractivity contribution in [2.45, 2.75) is 13.3 Å². The predicted molar refractivity (Wildman–Crippen MR) is 84.7 cm³/mol. The van der Waals surface area contributed by atoms with E-state index < -0.39 is 5.97 Å². The molecule has 5 nitrogen and oxygen atoms in total. The first-order valence-corrected chi connectivity index (χ1v) is 7.84. The Morgan fingerprint density at radius 2 is 2.14 bits per heavy atom. The third-order valence-corrected chi connectivity index (χ3v) is 4.02. The number of benzene rings is 1. The van der Waals surface area contributed by atoms with Gasteiger partial charge in [0.1, 0.15) is 0 Å². The summed E-state index contributed by atoms with van der Waals surface area (Å²) in [6, 6.07) is 6.25. The molecule has 1 aromatic heterocycles. The van der Waals surface area contributed by atoms with Gasteiger partial charge in [-0.15, -0.1) is 11.8 Å². The fraction of sp³-hybridized carbons (Fsp3) is 0.333. The molecular formula is C15H18N2O3S. The van der Waals surface area contributed by atoms with Crippen molar-refractivity contribution in [3.05, 3.63) is 35.5 Å². The lowest BCUT2D eigenvalue weighted by molar-refractivity contribution is -0.133. The molecule has 1 aromatic carbocycles. The number of thioether (sulfide) groups is 1. The van der Waals surface area contributed by atoms with Crippen LogP contribution < -0.4 is 5.32 Å². The number of rotatable bonds is 7. The van der Waals surface area contributed by atoms with Crippen molar-refractivity contribution < 1.29 is 14.7 Å². The summed E-state index contributed by atoms with van der Waals surface area (Å²) in [5.41, 5.74) is 3.48. The largest absolute Gasteiger partial charge is 0.481 e. The number of aryl methyl sites for hydroxylation is 1. The van der Waals surface area contributed by atoms with Gasteiger partial charge in [-0.1, -0.05) is 12.1 Å². The molecule has 1 heterocycles. The second kappa shape index (κ2) is 7.17. The zero-order valence-corrected chi connectivity index (χ0v) is 12.6. The first kappa shape index (κ1) is 15.4. The SMILES string of the molecule is Cc1ccc2c(CCNC(=O)CSCC(=O)O)c[nH]c2c1. The molecule has 0 bridgehead atoms. The van der Waals surface area contributed by atoms with Gasteiger partial charge in [0.25, 0.3) is 0 Å². The minimum absolute atomic E-state index is 0.0464. The number of amides is 1. The van der Waals surface area contributed by atoms with Crippen molar-refractivity contribution in [3.63, 3.8) is 0 Å². The van der Waals surface area contributed by atoms with Crippen LogP contribution in [0.25, 0.3) is 10.9 Å². The van der Waals surface area contributed by atoms with E-state index in [0.717, 1.165) is 23.7 Å². The molecule has 0 spiro atoms. The summed E-state index contributed by atoms with van der Waals surface area (Å²) in [7, 11) is 0. The van der Waals surface area contributed by atoms with E-state index in [1.165, 1.54) is 16.5 Å². The number of nitrogens with one attached hydrogen (secondary N) is 2. The van der Waals surface area contributed by atoms with E-state index in [4.69, 9.17) is 5.11 Å². The molecule has 0 saturated carbocycles. The van der Waals surface area contributed by atoms with Gasteiger partial charge in [-0.2, -0.15) is 0 Å². The molecular weight excluding hydrogens is 288 g/mol. The summed E-state index contributed by atoms with van der Waals surface area (Å²) in [6.45, 7) is 2.60. The molecule has 2 rings (SSSR count). The number of aromatic amines is 1. The molecule has 0 radical (unpaired) electrons. The topological polar surface area (TPSA) is 82.2 Å². The average molecular weight is 306 g/mol. The Morgan fingerprint density at radius 3 is 2.90 bits per heavy atom. The van der Waals surface area contributed by atoms with Crippen molar-refractivity contribution in [3.8, 4) is 0 Å². The Hall–Kier alpha value is -1.95. The number of carbonyl (C=O) groups excluding carboxylic acids is 1. The van der Waals surface area contributed by atoms with Crippen LogP contribution in [-0.4, -0.2) is 40.0 Å². The number of hydrogen-bond donors (Lipinski definition) is 3. The molecule has 2 aromatic rings. The minimum atomic E-state index is -0.901. The summed E-state index contributed by atoms with van der Waals surface area (Å²) < 4.78 is 0. The molecule has 3 N–H and O–H groups in total. The highest BCUT2D eigenvalue weighted by Gasteiger charge is 2.06. The van der Waals surface area contributed by atoms with E-state index in [1.807, 2.05) is 6.20 Å². The molecule has 0 saturated heterocycles. The van der Waals surface area contributed by atoms with E-state index in [-0.39, 0.29) is 17.4 Å². The number of aliphatic carboxylic acids is 1. The highest BCUT2D eigenvalue weighted by Crippen LogP contribution is 2.19. The van der Waals surface area contributed by atoms with Gasteiger partial charge in [-0.3, -0.25) is 9.59 Å². The highest BCUT2D eigenvalue weighted by molar-refractivity contribution is 8.00. The van der Waals surface area contributed by atoms with E-state index >= 15 is 0 Å². The first-order chi connectivity index (χ1) is 10.1. The second-order valence-corrected chi connectivity index (χ2v) is 5.84. The molecule has 21 heavy (non-hydrogen) atoms. The third-order valence-electron chi connectivity index (χ3n) is 3.10. The molecule has 0 unspecified atom stereocenters. The van der Waals surface area contributed by atoms with Crippen LogP contribution in [0.15, 0.2) is 24.4 Å². The monoisotopic (exact) mass is 306 g/mol. The zero-order valence-electron chi connectivity index (χ0n) is 11.8. The van der Waals surface area contributed by atoms with E-state index in [0.29, 0.717) is 6.54 Å². The van der Waals surface area contributed by atoms with Crippen molar-refractivity contribution in [2.24, 2.45) is 0 Å². The molecule has 0 fully saturated rings. The van der Waals surface area contributed by atoms with Gasteiger partial charge in [0.15, 0.2) is 0 Å². The van der Waals surface area contributed by atoms with Crippen molar-refractivity contribution in [1.29, 1.82) is 0 Å². The molecule has 0 aliphatic heterocycles. The summed E-state index contributed by atoms with van der Waals surface area (Å²) in [5.74, 6) is -0.895. The Kier molecular flexibility index (Phi) is 5.27. The number of fused-ring (bicyclic) bond motifs is 1. The number of hydrogen-bond acceptors (Lipinski definition) is 3. The number of carboxylic acid groups (broad SMARTS) is 1. The molecule has 0 aliphatic rings. The molecule has 1 amide bonds. The van der Waals surface area contributed by atoms with Gasteiger partial charge in [-0.25, -0.2) is 0 Å². The van der Waals surface area contributed by atoms with Crippen molar-refractivity contribution in [2.75, 3.05) is 18.1 Å².